The van der Waals surface area contributed by atoms with E-state index in [1.54, 1.807) is 0 Å². The van der Waals surface area contributed by atoms with Crippen LogP contribution in [-0.4, -0.2) is 11.4 Å². The Hall–Kier alpha value is -0.340. The molecule has 0 aliphatic heterocycles. The molecule has 0 aromatic carbocycles. The van der Waals surface area contributed by atoms with E-state index in [0.29, 0.717) is 5.41 Å². The van der Waals surface area contributed by atoms with Gasteiger partial charge in [0.25, 0.3) is 0 Å². The molecule has 1 atom stereocenters. The van der Waals surface area contributed by atoms with Crippen molar-refractivity contribution in [3.8, 4) is 0 Å². The topological polar surface area (TPSA) is 29.5 Å². The fourth-order valence-electron chi connectivity index (χ4n) is 3.72. The lowest BCUT2D eigenvalue weighted by Crippen LogP contribution is -2.37. The van der Waals surface area contributed by atoms with E-state index in [-0.39, 0.29) is 16.9 Å². The SMILES string of the molecule is C=C(C)C(OO)C(C)(C)CC(C)(C)CC(C)(C)C. The highest BCUT2D eigenvalue weighted by Crippen LogP contribution is 2.44. The van der Waals surface area contributed by atoms with Gasteiger partial charge in [0.1, 0.15) is 6.10 Å². The van der Waals surface area contributed by atoms with Crippen molar-refractivity contribution in [2.24, 2.45) is 16.2 Å². The molecule has 0 fully saturated rings. The Morgan fingerprint density at radius 1 is 1.06 bits per heavy atom. The second-order valence-electron chi connectivity index (χ2n) is 8.40. The maximum absolute atomic E-state index is 9.10. The first-order valence-electron chi connectivity index (χ1n) is 6.76. The first-order chi connectivity index (χ1) is 7.81. The van der Waals surface area contributed by atoms with Gasteiger partial charge in [-0.2, -0.15) is 0 Å². The van der Waals surface area contributed by atoms with Crippen molar-refractivity contribution < 1.29 is 10.1 Å². The summed E-state index contributed by atoms with van der Waals surface area (Å²) in [5.74, 6) is 0. The molecule has 0 aromatic heterocycles. The minimum absolute atomic E-state index is 0.130. The highest BCUT2D eigenvalue weighted by atomic mass is 17.1. The van der Waals surface area contributed by atoms with E-state index in [9.17, 15) is 0 Å². The van der Waals surface area contributed by atoms with Gasteiger partial charge in [-0.1, -0.05) is 55.0 Å². The molecule has 0 saturated carbocycles. The molecule has 0 amide bonds. The fraction of sp³-hybridized carbons (Fsp3) is 0.875. The summed E-state index contributed by atoms with van der Waals surface area (Å²) in [5.41, 5.74) is 1.25. The van der Waals surface area contributed by atoms with E-state index in [2.05, 4.69) is 59.9 Å². The number of hydrogen-bond acceptors (Lipinski definition) is 2. The molecular formula is C16H32O2. The molecule has 2 nitrogen and oxygen atoms in total. The summed E-state index contributed by atoms with van der Waals surface area (Å²) < 4.78 is 0. The zero-order valence-corrected chi connectivity index (χ0v) is 13.6. The molecule has 0 bridgehead atoms. The van der Waals surface area contributed by atoms with E-state index >= 15 is 0 Å². The largest absolute Gasteiger partial charge is 0.251 e. The lowest BCUT2D eigenvalue weighted by molar-refractivity contribution is -0.292. The third kappa shape index (κ3) is 6.01. The zero-order chi connectivity index (χ0) is 14.8. The lowest BCUT2D eigenvalue weighted by Gasteiger charge is -2.41. The summed E-state index contributed by atoms with van der Waals surface area (Å²) in [6.07, 6.45) is 1.81. The average Bonchev–Trinajstić information content (AvgIpc) is 1.94. The first-order valence-corrected chi connectivity index (χ1v) is 6.76. The molecule has 0 heterocycles. The Morgan fingerprint density at radius 3 is 1.78 bits per heavy atom. The van der Waals surface area contributed by atoms with Crippen molar-refractivity contribution in [1.29, 1.82) is 0 Å². The third-order valence-electron chi connectivity index (χ3n) is 3.21. The molecule has 0 aromatic rings. The van der Waals surface area contributed by atoms with Crippen molar-refractivity contribution in [2.45, 2.75) is 74.3 Å². The van der Waals surface area contributed by atoms with Crippen molar-refractivity contribution in [1.82, 2.24) is 0 Å². The van der Waals surface area contributed by atoms with Crippen LogP contribution in [0.5, 0.6) is 0 Å². The van der Waals surface area contributed by atoms with Gasteiger partial charge >= 0.3 is 0 Å². The second-order valence-corrected chi connectivity index (χ2v) is 8.40. The molecule has 2 heteroatoms. The monoisotopic (exact) mass is 256 g/mol. The van der Waals surface area contributed by atoms with Gasteiger partial charge in [-0.25, -0.2) is 4.89 Å². The zero-order valence-electron chi connectivity index (χ0n) is 13.6. The molecule has 0 aliphatic rings. The van der Waals surface area contributed by atoms with E-state index in [4.69, 9.17) is 5.26 Å². The van der Waals surface area contributed by atoms with Crippen LogP contribution in [0.4, 0.5) is 0 Å². The molecular weight excluding hydrogens is 224 g/mol. The highest BCUT2D eigenvalue weighted by molar-refractivity contribution is 5.05. The molecule has 0 spiro atoms. The number of hydrogen-bond donors (Lipinski definition) is 1. The Bertz CT molecular complexity index is 282. The van der Waals surface area contributed by atoms with Crippen LogP contribution in [-0.2, 0) is 4.89 Å². The predicted octanol–water partition coefficient (Wildman–Crippen LogP) is 5.30. The van der Waals surface area contributed by atoms with Crippen LogP contribution < -0.4 is 0 Å². The summed E-state index contributed by atoms with van der Waals surface area (Å²) in [6.45, 7) is 21.4. The molecule has 0 aliphatic carbocycles. The van der Waals surface area contributed by atoms with Gasteiger partial charge in [0.2, 0.25) is 0 Å². The average molecular weight is 256 g/mol. The van der Waals surface area contributed by atoms with Crippen LogP contribution in [0.25, 0.3) is 0 Å². The highest BCUT2D eigenvalue weighted by Gasteiger charge is 2.38. The summed E-state index contributed by atoms with van der Waals surface area (Å²) in [4.78, 5) is 4.65. The number of rotatable bonds is 6. The Kier molecular flexibility index (Phi) is 5.64. The summed E-state index contributed by atoms with van der Waals surface area (Å²) in [5, 5.41) is 9.10. The molecule has 108 valence electrons. The summed E-state index contributed by atoms with van der Waals surface area (Å²) in [7, 11) is 0. The van der Waals surface area contributed by atoms with Gasteiger partial charge in [0.15, 0.2) is 0 Å². The van der Waals surface area contributed by atoms with Gasteiger partial charge < -0.3 is 0 Å². The van der Waals surface area contributed by atoms with E-state index in [1.807, 2.05) is 6.92 Å². The van der Waals surface area contributed by atoms with Crippen LogP contribution in [0.1, 0.15) is 68.2 Å². The van der Waals surface area contributed by atoms with Crippen molar-refractivity contribution in [2.75, 3.05) is 0 Å². The van der Waals surface area contributed by atoms with Crippen molar-refractivity contribution in [3.05, 3.63) is 12.2 Å². The molecule has 18 heavy (non-hydrogen) atoms. The molecule has 1 N–H and O–H groups in total. The molecule has 0 radical (unpaired) electrons. The van der Waals surface area contributed by atoms with Crippen molar-refractivity contribution in [3.63, 3.8) is 0 Å². The Labute approximate surface area is 113 Å². The normalized spacial score (nSPS) is 15.6. The smallest absolute Gasteiger partial charge is 0.118 e. The first kappa shape index (κ1) is 17.7. The van der Waals surface area contributed by atoms with Crippen LogP contribution in [0.3, 0.4) is 0 Å². The predicted molar refractivity (Wildman–Crippen MR) is 78.6 cm³/mol. The fourth-order valence-corrected chi connectivity index (χ4v) is 3.72. The Morgan fingerprint density at radius 2 is 1.50 bits per heavy atom. The maximum Gasteiger partial charge on any atom is 0.118 e. The van der Waals surface area contributed by atoms with Gasteiger partial charge in [-0.3, -0.25) is 5.26 Å². The summed E-state index contributed by atoms with van der Waals surface area (Å²) in [6, 6.07) is 0. The van der Waals surface area contributed by atoms with E-state index < -0.39 is 0 Å². The van der Waals surface area contributed by atoms with Crippen molar-refractivity contribution >= 4 is 0 Å². The van der Waals surface area contributed by atoms with Crippen LogP contribution >= 0.6 is 0 Å². The maximum atomic E-state index is 9.10. The lowest BCUT2D eigenvalue weighted by atomic mass is 9.66. The van der Waals surface area contributed by atoms with E-state index in [0.717, 1.165) is 18.4 Å². The van der Waals surface area contributed by atoms with Gasteiger partial charge in [-0.05, 0) is 41.6 Å². The minimum atomic E-state index is -0.309. The van der Waals surface area contributed by atoms with Gasteiger partial charge in [0, 0.05) is 0 Å². The quantitative estimate of drug-likeness (QED) is 0.397. The van der Waals surface area contributed by atoms with Crippen LogP contribution in [0, 0.1) is 16.2 Å². The molecule has 0 saturated heterocycles. The van der Waals surface area contributed by atoms with Gasteiger partial charge in [-0.15, -0.1) is 0 Å². The molecule has 1 unspecified atom stereocenters. The second kappa shape index (κ2) is 5.75. The van der Waals surface area contributed by atoms with Crippen LogP contribution in [0.2, 0.25) is 0 Å². The molecule has 0 rings (SSSR count). The van der Waals surface area contributed by atoms with Crippen LogP contribution in [0.15, 0.2) is 12.2 Å². The minimum Gasteiger partial charge on any atom is -0.251 e. The van der Waals surface area contributed by atoms with Gasteiger partial charge in [0.05, 0.1) is 0 Å². The van der Waals surface area contributed by atoms with E-state index in [1.165, 1.54) is 0 Å². The standard InChI is InChI=1S/C16H32O2/c1-12(2)13(18-17)16(8,9)11-15(6,7)10-14(3,4)5/h13,17H,1,10-11H2,2-9H3. The summed E-state index contributed by atoms with van der Waals surface area (Å²) >= 11 is 0. The Balaban J connectivity index is 4.89. The third-order valence-corrected chi connectivity index (χ3v) is 3.21.